The van der Waals surface area contributed by atoms with Gasteiger partial charge in [0.1, 0.15) is 11.6 Å². The highest BCUT2D eigenvalue weighted by molar-refractivity contribution is 5.58. The lowest BCUT2D eigenvalue weighted by Crippen LogP contribution is -2.10. The van der Waals surface area contributed by atoms with Crippen molar-refractivity contribution in [3.05, 3.63) is 65.6 Å². The van der Waals surface area contributed by atoms with Crippen molar-refractivity contribution in [2.24, 2.45) is 0 Å². The summed E-state index contributed by atoms with van der Waals surface area (Å²) in [6.45, 7) is 4.83. The van der Waals surface area contributed by atoms with Crippen molar-refractivity contribution in [1.82, 2.24) is 15.0 Å². The van der Waals surface area contributed by atoms with Gasteiger partial charge in [0, 0.05) is 35.8 Å². The van der Waals surface area contributed by atoms with Crippen LogP contribution in [0.2, 0.25) is 0 Å². The predicted molar refractivity (Wildman–Crippen MR) is 99.9 cm³/mol. The van der Waals surface area contributed by atoms with Crippen LogP contribution >= 0.6 is 0 Å². The smallest absolute Gasteiger partial charge is 0.163 e. The van der Waals surface area contributed by atoms with Crippen molar-refractivity contribution in [3.8, 4) is 17.1 Å². The molecule has 25 heavy (non-hydrogen) atoms. The average Bonchev–Trinajstić information content (AvgIpc) is 2.66. The molecule has 0 amide bonds. The van der Waals surface area contributed by atoms with Gasteiger partial charge in [0.15, 0.2) is 5.82 Å². The largest absolute Gasteiger partial charge is 0.497 e. The number of nitrogens with zero attached hydrogens (tertiary/aromatic N) is 3. The van der Waals surface area contributed by atoms with E-state index in [1.165, 1.54) is 5.56 Å². The molecule has 5 nitrogen and oxygen atoms in total. The Kier molecular flexibility index (Phi) is 5.23. The van der Waals surface area contributed by atoms with E-state index in [2.05, 4.69) is 32.4 Å². The molecule has 2 heterocycles. The number of methoxy groups -OCH3 is 1. The van der Waals surface area contributed by atoms with Crippen LogP contribution in [0.1, 0.15) is 16.8 Å². The van der Waals surface area contributed by atoms with Gasteiger partial charge in [-0.3, -0.25) is 4.98 Å². The topological polar surface area (TPSA) is 59.9 Å². The van der Waals surface area contributed by atoms with Crippen LogP contribution in [0.4, 0.5) is 5.82 Å². The van der Waals surface area contributed by atoms with Crippen LogP contribution in [0.15, 0.2) is 48.8 Å². The summed E-state index contributed by atoms with van der Waals surface area (Å²) in [4.78, 5) is 13.4. The number of ether oxygens (including phenoxy) is 1. The van der Waals surface area contributed by atoms with Gasteiger partial charge in [0.05, 0.1) is 7.11 Å². The molecule has 0 spiro atoms. The van der Waals surface area contributed by atoms with Gasteiger partial charge in [-0.2, -0.15) is 0 Å². The van der Waals surface area contributed by atoms with Crippen molar-refractivity contribution < 1.29 is 4.74 Å². The van der Waals surface area contributed by atoms with Crippen LogP contribution in [0.25, 0.3) is 11.4 Å². The van der Waals surface area contributed by atoms with E-state index in [-0.39, 0.29) is 0 Å². The van der Waals surface area contributed by atoms with Crippen molar-refractivity contribution in [3.63, 3.8) is 0 Å². The number of aryl methyl sites for hydroxylation is 1. The molecule has 0 aliphatic heterocycles. The quantitative estimate of drug-likeness (QED) is 0.742. The summed E-state index contributed by atoms with van der Waals surface area (Å²) < 4.78 is 5.27. The van der Waals surface area contributed by atoms with E-state index in [1.54, 1.807) is 19.5 Å². The first kappa shape index (κ1) is 16.9. The number of pyridine rings is 1. The minimum Gasteiger partial charge on any atom is -0.497 e. The summed E-state index contributed by atoms with van der Waals surface area (Å²) in [5.41, 5.74) is 4.18. The van der Waals surface area contributed by atoms with Gasteiger partial charge in [-0.1, -0.05) is 12.1 Å². The highest BCUT2D eigenvalue weighted by Gasteiger charge is 2.09. The molecule has 1 aromatic carbocycles. The van der Waals surface area contributed by atoms with Gasteiger partial charge in [-0.25, -0.2) is 9.97 Å². The van der Waals surface area contributed by atoms with Gasteiger partial charge < -0.3 is 10.1 Å². The zero-order valence-electron chi connectivity index (χ0n) is 14.8. The molecule has 0 aliphatic carbocycles. The summed E-state index contributed by atoms with van der Waals surface area (Å²) in [6.07, 6.45) is 4.42. The molecule has 0 saturated heterocycles. The third-order valence-corrected chi connectivity index (χ3v) is 4.15. The Balaban J connectivity index is 1.74. The van der Waals surface area contributed by atoms with Crippen LogP contribution in [0.5, 0.6) is 5.75 Å². The molecule has 3 rings (SSSR count). The standard InChI is InChI=1S/C20H22N4O/c1-14-15(2)23-20(17-7-5-10-21-13-17)24-19(14)22-11-9-16-6-4-8-18(12-16)25-3/h4-8,10,12-13H,9,11H2,1-3H3,(H,22,23,24). The highest BCUT2D eigenvalue weighted by atomic mass is 16.5. The van der Waals surface area contributed by atoms with Gasteiger partial charge in [-0.15, -0.1) is 0 Å². The third-order valence-electron chi connectivity index (χ3n) is 4.15. The van der Waals surface area contributed by atoms with Crippen LogP contribution in [0.3, 0.4) is 0 Å². The summed E-state index contributed by atoms with van der Waals surface area (Å²) in [5.74, 6) is 2.44. The van der Waals surface area contributed by atoms with Crippen molar-refractivity contribution in [2.45, 2.75) is 20.3 Å². The van der Waals surface area contributed by atoms with Crippen LogP contribution in [-0.4, -0.2) is 28.6 Å². The molecule has 3 aromatic rings. The molecule has 0 fully saturated rings. The second-order valence-electron chi connectivity index (χ2n) is 5.88. The maximum Gasteiger partial charge on any atom is 0.163 e. The minimum absolute atomic E-state index is 0.695. The highest BCUT2D eigenvalue weighted by Crippen LogP contribution is 2.21. The molecule has 0 radical (unpaired) electrons. The minimum atomic E-state index is 0.695. The number of benzene rings is 1. The molecular weight excluding hydrogens is 312 g/mol. The van der Waals surface area contributed by atoms with E-state index < -0.39 is 0 Å². The molecule has 0 unspecified atom stereocenters. The number of hydrogen-bond acceptors (Lipinski definition) is 5. The Morgan fingerprint density at radius 3 is 2.72 bits per heavy atom. The molecule has 0 aliphatic rings. The first-order chi connectivity index (χ1) is 12.2. The molecule has 0 bridgehead atoms. The van der Waals surface area contributed by atoms with Gasteiger partial charge in [0.2, 0.25) is 0 Å². The Labute approximate surface area is 148 Å². The van der Waals surface area contributed by atoms with E-state index in [0.717, 1.165) is 41.4 Å². The first-order valence-corrected chi connectivity index (χ1v) is 8.30. The molecule has 1 N–H and O–H groups in total. The van der Waals surface area contributed by atoms with Crippen molar-refractivity contribution >= 4 is 5.82 Å². The lowest BCUT2D eigenvalue weighted by atomic mass is 10.1. The molecule has 0 saturated carbocycles. The maximum absolute atomic E-state index is 5.27. The van der Waals surface area contributed by atoms with Crippen LogP contribution in [-0.2, 0) is 6.42 Å². The Bertz CT molecular complexity index is 850. The van der Waals surface area contributed by atoms with Crippen molar-refractivity contribution in [2.75, 3.05) is 19.0 Å². The van der Waals surface area contributed by atoms with Gasteiger partial charge in [0.25, 0.3) is 0 Å². The van der Waals surface area contributed by atoms with Crippen LogP contribution < -0.4 is 10.1 Å². The van der Waals surface area contributed by atoms with E-state index in [9.17, 15) is 0 Å². The van der Waals surface area contributed by atoms with E-state index in [1.807, 2.05) is 38.1 Å². The second kappa shape index (κ2) is 7.75. The predicted octanol–water partition coefficient (Wildman–Crippen LogP) is 3.82. The summed E-state index contributed by atoms with van der Waals surface area (Å²) in [6, 6.07) is 12.0. The first-order valence-electron chi connectivity index (χ1n) is 8.30. The number of hydrogen-bond donors (Lipinski definition) is 1. The molecule has 2 aromatic heterocycles. The monoisotopic (exact) mass is 334 g/mol. The Morgan fingerprint density at radius 2 is 1.96 bits per heavy atom. The van der Waals surface area contributed by atoms with Gasteiger partial charge >= 0.3 is 0 Å². The SMILES string of the molecule is COc1cccc(CCNc2nc(-c3cccnc3)nc(C)c2C)c1. The van der Waals surface area contributed by atoms with E-state index in [0.29, 0.717) is 5.82 Å². The summed E-state index contributed by atoms with van der Waals surface area (Å²) >= 11 is 0. The van der Waals surface area contributed by atoms with Gasteiger partial charge in [-0.05, 0) is 50.1 Å². The third kappa shape index (κ3) is 4.12. The molecule has 0 atom stereocenters. The lowest BCUT2D eigenvalue weighted by Gasteiger charge is -2.12. The Hall–Kier alpha value is -2.95. The van der Waals surface area contributed by atoms with Crippen molar-refractivity contribution in [1.29, 1.82) is 0 Å². The number of rotatable bonds is 6. The zero-order chi connectivity index (χ0) is 17.6. The normalized spacial score (nSPS) is 10.5. The molecule has 5 heteroatoms. The fraction of sp³-hybridized carbons (Fsp3) is 0.250. The fourth-order valence-electron chi connectivity index (χ4n) is 2.58. The zero-order valence-corrected chi connectivity index (χ0v) is 14.8. The number of nitrogens with one attached hydrogen (secondary N) is 1. The molecule has 128 valence electrons. The van der Waals surface area contributed by atoms with Crippen LogP contribution in [0, 0.1) is 13.8 Å². The number of aromatic nitrogens is 3. The average molecular weight is 334 g/mol. The Morgan fingerprint density at radius 1 is 1.08 bits per heavy atom. The fourth-order valence-corrected chi connectivity index (χ4v) is 2.58. The number of anilines is 1. The molecular formula is C20H22N4O. The second-order valence-corrected chi connectivity index (χ2v) is 5.88. The maximum atomic E-state index is 5.27. The lowest BCUT2D eigenvalue weighted by molar-refractivity contribution is 0.414. The van der Waals surface area contributed by atoms with E-state index >= 15 is 0 Å². The van der Waals surface area contributed by atoms with E-state index in [4.69, 9.17) is 4.74 Å². The summed E-state index contributed by atoms with van der Waals surface area (Å²) in [5, 5.41) is 3.44. The summed E-state index contributed by atoms with van der Waals surface area (Å²) in [7, 11) is 1.68.